The smallest absolute Gasteiger partial charge is 0.264 e. The molecule has 0 atom stereocenters. The van der Waals surface area contributed by atoms with Crippen molar-refractivity contribution in [2.24, 2.45) is 4.99 Å². The molecule has 0 spiro atoms. The Hall–Kier alpha value is -2.73. The van der Waals surface area contributed by atoms with Gasteiger partial charge in [0, 0.05) is 0 Å². The lowest BCUT2D eigenvalue weighted by atomic mass is 10.2. The second-order valence-electron chi connectivity index (χ2n) is 5.44. The number of ether oxygens (including phenoxy) is 2. The Balaban J connectivity index is 1.84. The molecule has 1 fully saturated rings. The molecule has 0 aliphatic carbocycles. The Morgan fingerprint density at radius 1 is 1.08 bits per heavy atom. The maximum absolute atomic E-state index is 12.2. The Bertz CT molecular complexity index is 875. The van der Waals surface area contributed by atoms with Crippen LogP contribution in [0.2, 0.25) is 0 Å². The average Bonchev–Trinajstić information content (AvgIpc) is 2.93. The van der Waals surface area contributed by atoms with E-state index in [0.717, 1.165) is 16.8 Å². The van der Waals surface area contributed by atoms with E-state index in [-0.39, 0.29) is 5.91 Å². The number of thioether (sulfide) groups is 1. The van der Waals surface area contributed by atoms with E-state index in [0.29, 0.717) is 21.6 Å². The van der Waals surface area contributed by atoms with Crippen LogP contribution in [0.3, 0.4) is 0 Å². The monoisotopic (exact) mass is 354 g/mol. The van der Waals surface area contributed by atoms with Crippen molar-refractivity contribution in [3.8, 4) is 11.5 Å². The Morgan fingerprint density at radius 3 is 2.60 bits per heavy atom. The van der Waals surface area contributed by atoms with Crippen LogP contribution in [0.25, 0.3) is 6.08 Å². The van der Waals surface area contributed by atoms with Crippen molar-refractivity contribution in [2.75, 3.05) is 14.2 Å². The van der Waals surface area contributed by atoms with E-state index in [4.69, 9.17) is 9.47 Å². The summed E-state index contributed by atoms with van der Waals surface area (Å²) >= 11 is 1.32. The average molecular weight is 354 g/mol. The number of aliphatic imine (C=N–C) groups is 1. The predicted octanol–water partition coefficient (Wildman–Crippen LogP) is 3.90. The van der Waals surface area contributed by atoms with E-state index in [1.165, 1.54) is 11.8 Å². The van der Waals surface area contributed by atoms with Gasteiger partial charge in [0.15, 0.2) is 16.7 Å². The van der Waals surface area contributed by atoms with E-state index < -0.39 is 0 Å². The first-order chi connectivity index (χ1) is 12.1. The highest BCUT2D eigenvalue weighted by atomic mass is 32.2. The molecular weight excluding hydrogens is 336 g/mol. The Morgan fingerprint density at radius 2 is 1.88 bits per heavy atom. The molecule has 6 heteroatoms. The number of aryl methyl sites for hydroxylation is 1. The van der Waals surface area contributed by atoms with Gasteiger partial charge in [0.25, 0.3) is 5.91 Å². The van der Waals surface area contributed by atoms with Crippen LogP contribution in [0, 0.1) is 6.92 Å². The summed E-state index contributed by atoms with van der Waals surface area (Å²) in [6.07, 6.45) is 1.81. The van der Waals surface area contributed by atoms with E-state index >= 15 is 0 Å². The molecule has 25 heavy (non-hydrogen) atoms. The van der Waals surface area contributed by atoms with E-state index in [2.05, 4.69) is 10.3 Å². The van der Waals surface area contributed by atoms with Crippen molar-refractivity contribution in [1.82, 2.24) is 5.32 Å². The second-order valence-corrected chi connectivity index (χ2v) is 6.47. The van der Waals surface area contributed by atoms with Crippen molar-refractivity contribution < 1.29 is 14.3 Å². The lowest BCUT2D eigenvalue weighted by molar-refractivity contribution is -0.115. The SMILES string of the molecule is COc1ccc(/C=C2/SC(=Nc3cccc(C)c3)NC2=O)cc1OC. The summed E-state index contributed by atoms with van der Waals surface area (Å²) in [6.45, 7) is 2.01. The van der Waals surface area contributed by atoms with Gasteiger partial charge in [0.2, 0.25) is 0 Å². The van der Waals surface area contributed by atoms with Crippen LogP contribution >= 0.6 is 11.8 Å². The van der Waals surface area contributed by atoms with E-state index in [9.17, 15) is 4.79 Å². The molecule has 2 aromatic carbocycles. The minimum atomic E-state index is -0.161. The number of carbonyl (C=O) groups is 1. The number of amidine groups is 1. The summed E-state index contributed by atoms with van der Waals surface area (Å²) in [5, 5.41) is 3.36. The predicted molar refractivity (Wildman–Crippen MR) is 102 cm³/mol. The van der Waals surface area contributed by atoms with Gasteiger partial charge in [0.05, 0.1) is 24.8 Å². The number of hydrogen-bond donors (Lipinski definition) is 1. The molecule has 3 rings (SSSR count). The van der Waals surface area contributed by atoms with Gasteiger partial charge in [-0.2, -0.15) is 0 Å². The fourth-order valence-corrected chi connectivity index (χ4v) is 3.23. The van der Waals surface area contributed by atoms with Gasteiger partial charge >= 0.3 is 0 Å². The summed E-state index contributed by atoms with van der Waals surface area (Å²) in [4.78, 5) is 17.3. The number of rotatable bonds is 4. The van der Waals surface area contributed by atoms with Crippen LogP contribution in [0.15, 0.2) is 52.4 Å². The molecular formula is C19H18N2O3S. The minimum absolute atomic E-state index is 0.161. The van der Waals surface area contributed by atoms with Crippen LogP contribution in [0.5, 0.6) is 11.5 Å². The third kappa shape index (κ3) is 4.03. The molecule has 0 radical (unpaired) electrons. The van der Waals surface area contributed by atoms with Gasteiger partial charge in [-0.05, 0) is 60.2 Å². The molecule has 128 valence electrons. The van der Waals surface area contributed by atoms with Gasteiger partial charge in [-0.1, -0.05) is 18.2 Å². The van der Waals surface area contributed by atoms with Crippen molar-refractivity contribution in [1.29, 1.82) is 0 Å². The number of carbonyl (C=O) groups excluding carboxylic acids is 1. The van der Waals surface area contributed by atoms with Gasteiger partial charge in [-0.3, -0.25) is 4.79 Å². The van der Waals surface area contributed by atoms with Gasteiger partial charge in [0.1, 0.15) is 0 Å². The fraction of sp³-hybridized carbons (Fsp3) is 0.158. The number of methoxy groups -OCH3 is 2. The molecule has 5 nitrogen and oxygen atoms in total. The third-order valence-electron chi connectivity index (χ3n) is 3.59. The molecule has 1 amide bonds. The first kappa shape index (κ1) is 17.1. The zero-order chi connectivity index (χ0) is 17.8. The molecule has 0 unspecified atom stereocenters. The molecule has 1 heterocycles. The topological polar surface area (TPSA) is 59.9 Å². The number of nitrogens with zero attached hydrogens (tertiary/aromatic N) is 1. The van der Waals surface area contributed by atoms with E-state index in [1.807, 2.05) is 49.4 Å². The quantitative estimate of drug-likeness (QED) is 0.846. The van der Waals surface area contributed by atoms with Crippen LogP contribution in [0.4, 0.5) is 5.69 Å². The standard InChI is InChI=1S/C19H18N2O3S/c1-12-5-4-6-14(9-12)20-19-21-18(22)17(25-19)11-13-7-8-15(23-2)16(10-13)24-3/h4-11H,1-3H3,(H,20,21,22)/b17-11+. The maximum atomic E-state index is 12.2. The molecule has 0 saturated carbocycles. The molecule has 1 N–H and O–H groups in total. The number of amides is 1. The molecule has 1 aliphatic heterocycles. The van der Waals surface area contributed by atoms with Crippen LogP contribution in [0.1, 0.15) is 11.1 Å². The fourth-order valence-electron chi connectivity index (χ4n) is 2.39. The number of nitrogens with one attached hydrogen (secondary N) is 1. The molecule has 0 aromatic heterocycles. The summed E-state index contributed by atoms with van der Waals surface area (Å²) < 4.78 is 10.5. The van der Waals surface area contributed by atoms with Crippen LogP contribution in [-0.2, 0) is 4.79 Å². The minimum Gasteiger partial charge on any atom is -0.493 e. The van der Waals surface area contributed by atoms with Crippen molar-refractivity contribution in [2.45, 2.75) is 6.92 Å². The summed E-state index contributed by atoms with van der Waals surface area (Å²) in [5.41, 5.74) is 2.79. The van der Waals surface area contributed by atoms with Gasteiger partial charge < -0.3 is 14.8 Å². The first-order valence-corrected chi connectivity index (χ1v) is 8.49. The second kappa shape index (κ2) is 7.44. The van der Waals surface area contributed by atoms with Crippen molar-refractivity contribution >= 4 is 34.6 Å². The maximum Gasteiger partial charge on any atom is 0.264 e. The number of benzene rings is 2. The Labute approximate surface area is 150 Å². The third-order valence-corrected chi connectivity index (χ3v) is 4.50. The van der Waals surface area contributed by atoms with Crippen LogP contribution < -0.4 is 14.8 Å². The zero-order valence-corrected chi connectivity index (χ0v) is 15.0. The number of hydrogen-bond acceptors (Lipinski definition) is 5. The highest BCUT2D eigenvalue weighted by Crippen LogP contribution is 2.32. The molecule has 0 bridgehead atoms. The van der Waals surface area contributed by atoms with Crippen LogP contribution in [-0.4, -0.2) is 25.3 Å². The van der Waals surface area contributed by atoms with Gasteiger partial charge in [-0.15, -0.1) is 0 Å². The summed E-state index contributed by atoms with van der Waals surface area (Å²) in [5.74, 6) is 1.11. The van der Waals surface area contributed by atoms with Gasteiger partial charge in [-0.25, -0.2) is 4.99 Å². The largest absolute Gasteiger partial charge is 0.493 e. The summed E-state index contributed by atoms with van der Waals surface area (Å²) in [6, 6.07) is 13.3. The zero-order valence-electron chi connectivity index (χ0n) is 14.2. The lowest BCUT2D eigenvalue weighted by Crippen LogP contribution is -2.19. The molecule has 2 aromatic rings. The Kier molecular flexibility index (Phi) is 5.09. The molecule has 1 aliphatic rings. The normalized spacial score (nSPS) is 17.0. The van der Waals surface area contributed by atoms with Crippen molar-refractivity contribution in [3.63, 3.8) is 0 Å². The van der Waals surface area contributed by atoms with Crippen molar-refractivity contribution in [3.05, 3.63) is 58.5 Å². The summed E-state index contributed by atoms with van der Waals surface area (Å²) in [7, 11) is 3.17. The molecule has 1 saturated heterocycles. The van der Waals surface area contributed by atoms with E-state index in [1.54, 1.807) is 20.3 Å². The highest BCUT2D eigenvalue weighted by Gasteiger charge is 2.24. The highest BCUT2D eigenvalue weighted by molar-refractivity contribution is 8.18. The first-order valence-electron chi connectivity index (χ1n) is 7.67. The lowest BCUT2D eigenvalue weighted by Gasteiger charge is -2.07.